The molecular weight excluding hydrogens is 1610 g/mol. The molecule has 8 heterocycles. The predicted molar refractivity (Wildman–Crippen MR) is 369 cm³/mol. The van der Waals surface area contributed by atoms with E-state index in [1.807, 2.05) is 0 Å². The van der Waals surface area contributed by atoms with Gasteiger partial charge < -0.3 is 230 Å². The number of nitrogens with one attached hydrogen (secondary N) is 6. The van der Waals surface area contributed by atoms with Gasteiger partial charge in [-0.25, -0.2) is 0 Å². The fourth-order valence-electron chi connectivity index (χ4n) is 14.8. The molecule has 0 spiro atoms. The summed E-state index contributed by atoms with van der Waals surface area (Å²) in [5.41, 5.74) is 0. The van der Waals surface area contributed by atoms with Crippen molar-refractivity contribution in [2.75, 3.05) is 66.1 Å². The van der Waals surface area contributed by atoms with Crippen LogP contribution in [-0.2, 0) is 105 Å². The zero-order valence-electron chi connectivity index (χ0n) is 64.2. The van der Waals surface area contributed by atoms with Crippen LogP contribution in [0, 0.1) is 0 Å². The van der Waals surface area contributed by atoms with Crippen LogP contribution in [0.5, 0.6) is 0 Å². The van der Waals surface area contributed by atoms with E-state index in [4.69, 9.17) is 75.8 Å². The van der Waals surface area contributed by atoms with Gasteiger partial charge in [-0.1, -0.05) is 0 Å². The van der Waals surface area contributed by atoms with Crippen LogP contribution in [0.15, 0.2) is 0 Å². The van der Waals surface area contributed by atoms with Crippen LogP contribution in [0.3, 0.4) is 0 Å². The zero-order valence-corrected chi connectivity index (χ0v) is 64.2. The van der Waals surface area contributed by atoms with Gasteiger partial charge in [-0.05, 0) is 0 Å². The number of amides is 6. The molecule has 8 rings (SSSR count). The Morgan fingerprint density at radius 2 is 0.585 bits per heavy atom. The van der Waals surface area contributed by atoms with Crippen LogP contribution in [-0.4, -0.2) is 494 Å². The molecule has 8 aliphatic heterocycles. The molecule has 0 aromatic carbocycles. The molecule has 0 unspecified atom stereocenters. The standard InChI is InChI=1S/C66H112N6O46/c1-17(81)67-23(7-73)53(38(88)24(87)15-103-59-33(68-18(2)82)43(93)39(89)25(8-74)105-59)113-66-52(102)58(118-63-37(72-22(6)86)47(97)55(29(12-78)109-63)117-65-51(101)49(99)57(31(14-80)111-65)115-62-35(70-20(4)84)45(95)41(91)27(10-76)107-62)42(92)32(112-66)16-104-60-36(71-21(5)85)46(96)54(28(11-77)108-60)116-64-50(100)48(98)56(30(13-79)110-64)114-61-34(69-19(3)83)44(94)40(90)26(9-75)106-61/h23-66,73-80,87-102H,7-16H2,1-6H3,(H,67,81)(H,68,82)(H,69,83)(H,70,84)(H,71,85)(H,72,86)/t23-,24+,25+,26+,27+,28+,29+,30+,31+,32+,33+,34+,35+,36+,37+,38-,39+,40+,41+,42-,43+,44+,45+,46+,47+,48+,49+,50+,51+,52+,53+,54+,55+,56-,57-,58-,59+,60+,61+,62+,63-,64-,65-,66-/m0/s1. The summed E-state index contributed by atoms with van der Waals surface area (Å²) in [4.78, 5) is 75.6. The van der Waals surface area contributed by atoms with E-state index in [-0.39, 0.29) is 0 Å². The second kappa shape index (κ2) is 44.2. The van der Waals surface area contributed by atoms with E-state index in [1.54, 1.807) is 0 Å². The lowest BCUT2D eigenvalue weighted by atomic mass is 9.94. The lowest BCUT2D eigenvalue weighted by Crippen LogP contribution is -2.70. The van der Waals surface area contributed by atoms with E-state index in [1.165, 1.54) is 0 Å². The average molecular weight is 1730 g/mol. The van der Waals surface area contributed by atoms with E-state index in [0.29, 0.717) is 0 Å². The third-order valence-corrected chi connectivity index (χ3v) is 20.8. The van der Waals surface area contributed by atoms with Gasteiger partial charge in [0, 0.05) is 41.5 Å². The third-order valence-electron chi connectivity index (χ3n) is 20.8. The molecule has 0 aromatic rings. The van der Waals surface area contributed by atoms with E-state index in [9.17, 15) is 151 Å². The fourth-order valence-corrected chi connectivity index (χ4v) is 14.8. The van der Waals surface area contributed by atoms with E-state index in [0.717, 1.165) is 41.5 Å². The normalized spacial score (nSPS) is 44.1. The molecule has 0 aliphatic carbocycles. The minimum atomic E-state index is -2.57. The van der Waals surface area contributed by atoms with E-state index >= 15 is 0 Å². The highest BCUT2D eigenvalue weighted by molar-refractivity contribution is 5.75. The molecule has 8 fully saturated rings. The Balaban J connectivity index is 1.08. The number of aliphatic hydroxyl groups excluding tert-OH is 24. The maximum atomic E-state index is 13.2. The molecule has 52 heteroatoms. The van der Waals surface area contributed by atoms with Gasteiger partial charge in [0.25, 0.3) is 0 Å². The minimum Gasteiger partial charge on any atom is -0.394 e. The van der Waals surface area contributed by atoms with Crippen molar-refractivity contribution in [3.05, 3.63) is 0 Å². The first kappa shape index (κ1) is 98.7. The van der Waals surface area contributed by atoms with Gasteiger partial charge in [-0.3, -0.25) is 28.8 Å². The maximum absolute atomic E-state index is 13.2. The highest BCUT2D eigenvalue weighted by atomic mass is 16.8. The number of hydrogen-bond acceptors (Lipinski definition) is 46. The highest BCUT2D eigenvalue weighted by Crippen LogP contribution is 2.39. The molecule has 0 bridgehead atoms. The molecule has 8 saturated heterocycles. The summed E-state index contributed by atoms with van der Waals surface area (Å²) in [5.74, 6) is -5.29. The Kier molecular flexibility index (Phi) is 37.0. The molecule has 0 radical (unpaired) electrons. The van der Waals surface area contributed by atoms with Crippen molar-refractivity contribution in [3.8, 4) is 0 Å². The summed E-state index contributed by atoms with van der Waals surface area (Å²) >= 11 is 0. The molecule has 52 nitrogen and oxygen atoms in total. The van der Waals surface area contributed by atoms with Crippen LogP contribution in [0.25, 0.3) is 0 Å². The number of carbonyl (C=O) groups excluding carboxylic acids is 6. The number of aliphatic hydroxyl groups is 24. The first-order chi connectivity index (χ1) is 55.7. The Bertz CT molecular complexity index is 3170. The first-order valence-corrected chi connectivity index (χ1v) is 37.5. The van der Waals surface area contributed by atoms with Crippen molar-refractivity contribution in [1.82, 2.24) is 31.9 Å². The minimum absolute atomic E-state index is 0.779. The van der Waals surface area contributed by atoms with Crippen LogP contribution in [0.4, 0.5) is 0 Å². The number of rotatable bonds is 35. The Morgan fingerprint density at radius 1 is 0.297 bits per heavy atom. The maximum Gasteiger partial charge on any atom is 0.217 e. The lowest BCUT2D eigenvalue weighted by Gasteiger charge is -2.50. The van der Waals surface area contributed by atoms with E-state index < -0.39 is 371 Å². The van der Waals surface area contributed by atoms with Crippen LogP contribution < -0.4 is 31.9 Å². The molecule has 30 N–H and O–H groups in total. The SMILES string of the molecule is CC(=O)N[C@H]1[C@H](OC[C@H]2O[C@@H](O[C@@H]([C@@H](O)[C@H](O)CO[C@@H]3O[C@H](CO)[C@@H](O)[C@H](O)[C@H]3NC(C)=O)[C@H](CO)NC(C)=O)[C@H](O)[C@@H](O[C@@H]3O[C@H](CO)[C@@H](O[C@@H]4O[C@H](CO)[C@H](O[C@H]5O[C@H](CO)[C@@H](O)[C@H](O)[C@H]5NC(C)=O)[C@H](O)[C@H]4O)[C@H](O)[C@H]3NC(C)=O)[C@H]2O)O[C@H](CO)[C@@H](O[C@@H]2O[C@H](CO)[C@H](O[C@H]3O[C@H](CO)[C@@H](O)[C@H](O)[C@H]3NC(C)=O)[C@H](O)[C@H]2O)[C@@H]1O. The Labute approximate surface area is 670 Å². The number of ether oxygens (including phenoxy) is 16. The van der Waals surface area contributed by atoms with Crippen molar-refractivity contribution in [1.29, 1.82) is 0 Å². The van der Waals surface area contributed by atoms with Gasteiger partial charge in [0.05, 0.1) is 72.1 Å². The summed E-state index contributed by atoms with van der Waals surface area (Å²) in [5, 5.41) is 282. The molecule has 8 aliphatic rings. The second-order valence-electron chi connectivity index (χ2n) is 29.4. The van der Waals surface area contributed by atoms with Gasteiger partial charge in [0.15, 0.2) is 50.3 Å². The summed E-state index contributed by atoms with van der Waals surface area (Å²) < 4.78 is 94.3. The Morgan fingerprint density at radius 3 is 0.941 bits per heavy atom. The molecular formula is C66H112N6O46. The van der Waals surface area contributed by atoms with Gasteiger partial charge in [0.2, 0.25) is 35.4 Å². The van der Waals surface area contributed by atoms with Gasteiger partial charge in [0.1, 0.15) is 213 Å². The van der Waals surface area contributed by atoms with Crippen LogP contribution in [0.1, 0.15) is 41.5 Å². The van der Waals surface area contributed by atoms with Crippen molar-refractivity contribution in [2.45, 2.75) is 311 Å². The average Bonchev–Trinajstić information content (AvgIpc) is 0.771. The number of hydrogen-bond donors (Lipinski definition) is 30. The van der Waals surface area contributed by atoms with Crippen molar-refractivity contribution in [2.24, 2.45) is 0 Å². The molecule has 682 valence electrons. The Hall–Kier alpha value is -4.78. The second-order valence-corrected chi connectivity index (χ2v) is 29.4. The summed E-state index contributed by atoms with van der Waals surface area (Å²) in [6, 6.07) is -10.7. The summed E-state index contributed by atoms with van der Waals surface area (Å²) in [7, 11) is 0. The monoisotopic (exact) mass is 1720 g/mol. The van der Waals surface area contributed by atoms with Crippen LogP contribution >= 0.6 is 0 Å². The van der Waals surface area contributed by atoms with Gasteiger partial charge in [-0.2, -0.15) is 0 Å². The molecule has 0 aromatic heterocycles. The first-order valence-electron chi connectivity index (χ1n) is 37.5. The van der Waals surface area contributed by atoms with E-state index in [2.05, 4.69) is 31.9 Å². The molecule has 118 heavy (non-hydrogen) atoms. The van der Waals surface area contributed by atoms with Gasteiger partial charge in [-0.15, -0.1) is 0 Å². The number of carbonyl (C=O) groups is 6. The lowest BCUT2D eigenvalue weighted by molar-refractivity contribution is -0.382. The van der Waals surface area contributed by atoms with Crippen molar-refractivity contribution in [3.63, 3.8) is 0 Å². The molecule has 44 atom stereocenters. The predicted octanol–water partition coefficient (Wildman–Crippen LogP) is -20.1. The van der Waals surface area contributed by atoms with Crippen molar-refractivity contribution < 1.29 is 227 Å². The molecule has 0 saturated carbocycles. The highest BCUT2D eigenvalue weighted by Gasteiger charge is 2.60. The summed E-state index contributed by atoms with van der Waals surface area (Å²) in [6.07, 6.45) is -77.7. The topological polar surface area (TPSA) is 808 Å². The quantitative estimate of drug-likeness (QED) is 0.0280. The zero-order chi connectivity index (χ0) is 87.5. The smallest absolute Gasteiger partial charge is 0.217 e. The molecule has 6 amide bonds. The van der Waals surface area contributed by atoms with Gasteiger partial charge >= 0.3 is 0 Å². The largest absolute Gasteiger partial charge is 0.394 e. The van der Waals surface area contributed by atoms with Crippen LogP contribution in [0.2, 0.25) is 0 Å². The third kappa shape index (κ3) is 23.2. The fraction of sp³-hybridized carbons (Fsp3) is 0.909. The van der Waals surface area contributed by atoms with Crippen molar-refractivity contribution >= 4 is 35.4 Å². The summed E-state index contributed by atoms with van der Waals surface area (Å²) in [6.45, 7) is -5.00.